The Labute approximate surface area is 138 Å². The van der Waals surface area contributed by atoms with Crippen molar-refractivity contribution in [3.05, 3.63) is 69.0 Å². The van der Waals surface area contributed by atoms with Gasteiger partial charge < -0.3 is 4.98 Å². The smallest absolute Gasteiger partial charge is 0.182 e. The number of benzene rings is 2. The number of nitrogens with one attached hydrogen (secondary N) is 1. The van der Waals surface area contributed by atoms with Crippen LogP contribution in [0.1, 0.15) is 5.56 Å². The van der Waals surface area contributed by atoms with E-state index in [0.717, 1.165) is 22.5 Å². The van der Waals surface area contributed by atoms with E-state index < -0.39 is 0 Å². The molecule has 1 aromatic heterocycles. The van der Waals surface area contributed by atoms with Crippen LogP contribution in [0.2, 0.25) is 10.0 Å². The van der Waals surface area contributed by atoms with Crippen LogP contribution in [0.5, 0.6) is 0 Å². The maximum atomic E-state index is 6.12. The summed E-state index contributed by atoms with van der Waals surface area (Å²) in [6.45, 7) is 2.06. The highest BCUT2D eigenvalue weighted by Gasteiger charge is 2.11. The maximum Gasteiger partial charge on any atom is 0.182 e. The van der Waals surface area contributed by atoms with Crippen LogP contribution in [0.3, 0.4) is 0 Å². The average molecular weight is 335 g/mol. The summed E-state index contributed by atoms with van der Waals surface area (Å²) in [5.74, 6) is 0. The molecule has 0 aliphatic rings. The van der Waals surface area contributed by atoms with E-state index in [1.807, 2.05) is 41.1 Å². The molecule has 0 bridgehead atoms. The molecule has 21 heavy (non-hydrogen) atoms. The normalized spacial score (nSPS) is 10.8. The predicted octanol–water partition coefficient (Wildman–Crippen LogP) is 5.82. The van der Waals surface area contributed by atoms with Crippen molar-refractivity contribution >= 4 is 35.4 Å². The summed E-state index contributed by atoms with van der Waals surface area (Å²) in [5.41, 5.74) is 4.10. The number of hydrogen-bond acceptors (Lipinski definition) is 1. The van der Waals surface area contributed by atoms with Crippen LogP contribution >= 0.6 is 35.4 Å². The molecular formula is C16H12Cl2N2S. The summed E-state index contributed by atoms with van der Waals surface area (Å²) in [4.78, 5) is 3.10. The van der Waals surface area contributed by atoms with E-state index in [2.05, 4.69) is 18.0 Å². The molecule has 0 aliphatic carbocycles. The summed E-state index contributed by atoms with van der Waals surface area (Å²) < 4.78 is 2.65. The molecule has 0 saturated carbocycles. The first-order chi connectivity index (χ1) is 10.1. The number of hydrogen-bond donors (Lipinski definition) is 1. The summed E-state index contributed by atoms with van der Waals surface area (Å²) >= 11 is 17.5. The fourth-order valence-electron chi connectivity index (χ4n) is 2.29. The molecule has 0 saturated heterocycles. The second-order valence-corrected chi connectivity index (χ2v) is 5.93. The lowest BCUT2D eigenvalue weighted by Crippen LogP contribution is -1.99. The number of imidazole rings is 1. The third kappa shape index (κ3) is 2.64. The molecule has 2 aromatic carbocycles. The zero-order chi connectivity index (χ0) is 15.0. The number of rotatable bonds is 2. The molecule has 1 heterocycles. The van der Waals surface area contributed by atoms with Crippen LogP contribution in [0.15, 0.2) is 48.7 Å². The van der Waals surface area contributed by atoms with Gasteiger partial charge in [-0.2, -0.15) is 0 Å². The Morgan fingerprint density at radius 2 is 1.81 bits per heavy atom. The number of para-hydroxylation sites is 1. The molecule has 1 N–H and O–H groups in total. The zero-order valence-electron chi connectivity index (χ0n) is 11.2. The molecular weight excluding hydrogens is 323 g/mol. The summed E-state index contributed by atoms with van der Waals surface area (Å²) in [6.07, 6.45) is 1.88. The van der Waals surface area contributed by atoms with Crippen LogP contribution < -0.4 is 0 Å². The summed E-state index contributed by atoms with van der Waals surface area (Å²) in [5, 5.41) is 1.06. The van der Waals surface area contributed by atoms with E-state index in [1.54, 1.807) is 6.07 Å². The molecule has 2 nitrogen and oxygen atoms in total. The first-order valence-corrected chi connectivity index (χ1v) is 7.56. The first kappa shape index (κ1) is 14.4. The Bertz CT molecular complexity index is 865. The Kier molecular flexibility index (Phi) is 3.89. The molecule has 0 amide bonds. The predicted molar refractivity (Wildman–Crippen MR) is 91.1 cm³/mol. The first-order valence-electron chi connectivity index (χ1n) is 6.40. The van der Waals surface area contributed by atoms with Crippen LogP contribution in [-0.2, 0) is 0 Å². The van der Waals surface area contributed by atoms with E-state index >= 15 is 0 Å². The molecule has 0 atom stereocenters. The number of aryl methyl sites for hydroxylation is 1. The number of halogens is 2. The monoisotopic (exact) mass is 334 g/mol. The summed E-state index contributed by atoms with van der Waals surface area (Å²) in [6, 6.07) is 13.7. The molecule has 3 aromatic rings. The van der Waals surface area contributed by atoms with Gasteiger partial charge in [0.2, 0.25) is 0 Å². The third-order valence-electron chi connectivity index (χ3n) is 3.35. The molecule has 0 fully saturated rings. The van der Waals surface area contributed by atoms with Gasteiger partial charge in [-0.3, -0.25) is 4.57 Å². The lowest BCUT2D eigenvalue weighted by atomic mass is 10.1. The quantitative estimate of drug-likeness (QED) is 0.586. The van der Waals surface area contributed by atoms with Crippen molar-refractivity contribution in [2.45, 2.75) is 6.92 Å². The highest BCUT2D eigenvalue weighted by atomic mass is 35.5. The Balaban J connectivity index is 2.24. The Morgan fingerprint density at radius 3 is 2.52 bits per heavy atom. The van der Waals surface area contributed by atoms with Crippen LogP contribution in [-0.4, -0.2) is 9.55 Å². The van der Waals surface area contributed by atoms with Crippen molar-refractivity contribution < 1.29 is 0 Å². The van der Waals surface area contributed by atoms with Crippen molar-refractivity contribution in [2.24, 2.45) is 0 Å². The Hall–Kier alpha value is -1.55. The molecule has 5 heteroatoms. The Morgan fingerprint density at radius 1 is 1.05 bits per heavy atom. The number of H-pyrrole nitrogens is 1. The van der Waals surface area contributed by atoms with Crippen molar-refractivity contribution in [1.82, 2.24) is 9.55 Å². The second kappa shape index (κ2) is 5.68. The van der Waals surface area contributed by atoms with Crippen LogP contribution in [0.25, 0.3) is 16.9 Å². The number of nitrogens with zero attached hydrogens (tertiary/aromatic N) is 1. The minimum atomic E-state index is 0.526. The molecule has 0 aliphatic heterocycles. The van der Waals surface area contributed by atoms with Gasteiger partial charge in [0, 0.05) is 11.8 Å². The maximum absolute atomic E-state index is 6.12. The fraction of sp³-hybridized carbons (Fsp3) is 0.0625. The average Bonchev–Trinajstić information content (AvgIpc) is 2.84. The zero-order valence-corrected chi connectivity index (χ0v) is 13.6. The van der Waals surface area contributed by atoms with Crippen LogP contribution in [0.4, 0.5) is 0 Å². The molecule has 106 valence electrons. The van der Waals surface area contributed by atoms with Gasteiger partial charge in [-0.1, -0.05) is 47.5 Å². The minimum Gasteiger partial charge on any atom is -0.336 e. The van der Waals surface area contributed by atoms with Crippen molar-refractivity contribution in [3.63, 3.8) is 0 Å². The van der Waals surface area contributed by atoms with Crippen molar-refractivity contribution in [2.75, 3.05) is 0 Å². The highest BCUT2D eigenvalue weighted by Crippen LogP contribution is 2.30. The number of aromatic nitrogens is 2. The van der Waals surface area contributed by atoms with E-state index in [-0.39, 0.29) is 0 Å². The molecule has 0 radical (unpaired) electrons. The topological polar surface area (TPSA) is 20.7 Å². The van der Waals surface area contributed by atoms with E-state index in [1.165, 1.54) is 0 Å². The highest BCUT2D eigenvalue weighted by molar-refractivity contribution is 7.71. The number of aromatic amines is 1. The second-order valence-electron chi connectivity index (χ2n) is 4.73. The van der Waals surface area contributed by atoms with Gasteiger partial charge in [0.05, 0.1) is 21.4 Å². The van der Waals surface area contributed by atoms with Gasteiger partial charge in [-0.05, 0) is 42.9 Å². The largest absolute Gasteiger partial charge is 0.336 e. The van der Waals surface area contributed by atoms with Gasteiger partial charge >= 0.3 is 0 Å². The summed E-state index contributed by atoms with van der Waals surface area (Å²) in [7, 11) is 0. The molecule has 0 unspecified atom stereocenters. The van der Waals surface area contributed by atoms with Gasteiger partial charge in [0.15, 0.2) is 4.77 Å². The lowest BCUT2D eigenvalue weighted by Gasteiger charge is -2.11. The van der Waals surface area contributed by atoms with E-state index in [4.69, 9.17) is 35.4 Å². The minimum absolute atomic E-state index is 0.526. The van der Waals surface area contributed by atoms with Crippen molar-refractivity contribution in [3.8, 4) is 16.9 Å². The van der Waals surface area contributed by atoms with E-state index in [9.17, 15) is 0 Å². The van der Waals surface area contributed by atoms with Gasteiger partial charge in [0.1, 0.15) is 0 Å². The molecule has 0 spiro atoms. The van der Waals surface area contributed by atoms with Crippen LogP contribution in [0, 0.1) is 11.7 Å². The van der Waals surface area contributed by atoms with Gasteiger partial charge in [-0.25, -0.2) is 0 Å². The van der Waals surface area contributed by atoms with Gasteiger partial charge in [0.25, 0.3) is 0 Å². The lowest BCUT2D eigenvalue weighted by molar-refractivity contribution is 1.02. The standard InChI is InChI=1S/C16H12Cl2N2S/c1-10-4-2-3-5-14(10)20-15(9-19-16(20)21)11-6-7-12(17)13(18)8-11/h2-9H,1H3,(H,19,21). The van der Waals surface area contributed by atoms with Gasteiger partial charge in [-0.15, -0.1) is 0 Å². The third-order valence-corrected chi connectivity index (χ3v) is 4.39. The van der Waals surface area contributed by atoms with Crippen molar-refractivity contribution in [1.29, 1.82) is 0 Å². The van der Waals surface area contributed by atoms with E-state index in [0.29, 0.717) is 14.8 Å². The SMILES string of the molecule is Cc1ccccc1-n1c(-c2ccc(Cl)c(Cl)c2)c[nH]c1=S. The molecule has 3 rings (SSSR count). The fourth-order valence-corrected chi connectivity index (χ4v) is 2.84.